The van der Waals surface area contributed by atoms with E-state index in [0.29, 0.717) is 24.0 Å². The highest BCUT2D eigenvalue weighted by molar-refractivity contribution is 5.83. The third kappa shape index (κ3) is 4.09. The van der Waals surface area contributed by atoms with Crippen LogP contribution in [0.4, 0.5) is 0 Å². The summed E-state index contributed by atoms with van der Waals surface area (Å²) in [5.74, 6) is -0.268. The van der Waals surface area contributed by atoms with E-state index in [1.807, 2.05) is 50.4 Å². The van der Waals surface area contributed by atoms with Crippen molar-refractivity contribution in [3.63, 3.8) is 0 Å². The van der Waals surface area contributed by atoms with E-state index >= 15 is 0 Å². The standard InChI is InChI=1S/C24H23NO4/c1-15-10-20-18(12-24(27)29-22(20)11-16(15)2)14-28-23(26)9-5-6-17-13-25-21-8-4-3-7-19(17)21/h3-4,7-8,10-13,25H,5-6,9,14H2,1-2H3. The van der Waals surface area contributed by atoms with Crippen molar-refractivity contribution in [1.29, 1.82) is 0 Å². The predicted molar refractivity (Wildman–Crippen MR) is 113 cm³/mol. The fourth-order valence-corrected chi connectivity index (χ4v) is 3.59. The molecule has 0 spiro atoms. The van der Waals surface area contributed by atoms with Gasteiger partial charge in [0.15, 0.2) is 0 Å². The molecule has 0 atom stereocenters. The van der Waals surface area contributed by atoms with Gasteiger partial charge in [-0.15, -0.1) is 0 Å². The van der Waals surface area contributed by atoms with Crippen molar-refractivity contribution in [1.82, 2.24) is 4.98 Å². The summed E-state index contributed by atoms with van der Waals surface area (Å²) in [6.07, 6.45) is 3.83. The number of aryl methyl sites for hydroxylation is 3. The van der Waals surface area contributed by atoms with Crippen molar-refractivity contribution in [2.45, 2.75) is 39.7 Å². The first-order valence-corrected chi connectivity index (χ1v) is 9.76. The number of aromatic nitrogens is 1. The highest BCUT2D eigenvalue weighted by Gasteiger charge is 2.11. The SMILES string of the molecule is Cc1cc2oc(=O)cc(COC(=O)CCCc3c[nH]c4ccccc34)c2cc1C. The van der Waals surface area contributed by atoms with Crippen molar-refractivity contribution < 1.29 is 13.9 Å². The molecule has 2 aromatic heterocycles. The molecule has 148 valence electrons. The van der Waals surface area contributed by atoms with E-state index in [2.05, 4.69) is 11.1 Å². The molecule has 0 aliphatic carbocycles. The highest BCUT2D eigenvalue weighted by atomic mass is 16.5. The summed E-state index contributed by atoms with van der Waals surface area (Å²) in [7, 11) is 0. The number of benzene rings is 2. The third-order valence-electron chi connectivity index (χ3n) is 5.34. The van der Waals surface area contributed by atoms with Gasteiger partial charge in [-0.25, -0.2) is 4.79 Å². The van der Waals surface area contributed by atoms with Crippen molar-refractivity contribution in [3.05, 3.63) is 81.3 Å². The number of fused-ring (bicyclic) bond motifs is 2. The van der Waals surface area contributed by atoms with Gasteiger partial charge < -0.3 is 14.1 Å². The molecule has 0 bridgehead atoms. The van der Waals surface area contributed by atoms with Crippen molar-refractivity contribution in [2.75, 3.05) is 0 Å². The van der Waals surface area contributed by atoms with Crippen LogP contribution in [0.25, 0.3) is 21.9 Å². The minimum Gasteiger partial charge on any atom is -0.461 e. The van der Waals surface area contributed by atoms with Gasteiger partial charge in [0.05, 0.1) is 0 Å². The number of aromatic amines is 1. The second-order valence-corrected chi connectivity index (χ2v) is 7.40. The number of carbonyl (C=O) groups excluding carboxylic acids is 1. The lowest BCUT2D eigenvalue weighted by Gasteiger charge is -2.09. The molecular weight excluding hydrogens is 366 g/mol. The molecule has 29 heavy (non-hydrogen) atoms. The number of esters is 1. The van der Waals surface area contributed by atoms with Gasteiger partial charge >= 0.3 is 11.6 Å². The molecule has 0 saturated carbocycles. The monoisotopic (exact) mass is 389 g/mol. The van der Waals surface area contributed by atoms with Gasteiger partial charge in [-0.1, -0.05) is 18.2 Å². The molecule has 0 fully saturated rings. The summed E-state index contributed by atoms with van der Waals surface area (Å²) in [6.45, 7) is 4.03. The molecule has 5 heteroatoms. The fourth-order valence-electron chi connectivity index (χ4n) is 3.59. The predicted octanol–water partition coefficient (Wildman–Crippen LogP) is 4.96. The first-order valence-electron chi connectivity index (χ1n) is 9.76. The molecule has 0 saturated heterocycles. The number of H-pyrrole nitrogens is 1. The number of ether oxygens (including phenoxy) is 1. The number of nitrogens with one attached hydrogen (secondary N) is 1. The Balaban J connectivity index is 1.38. The lowest BCUT2D eigenvalue weighted by Crippen LogP contribution is -2.08. The Labute approximate surface area is 168 Å². The molecule has 5 nitrogen and oxygen atoms in total. The van der Waals surface area contributed by atoms with Gasteiger partial charge in [0.25, 0.3) is 0 Å². The smallest absolute Gasteiger partial charge is 0.336 e. The molecule has 2 heterocycles. The minimum atomic E-state index is -0.439. The second-order valence-electron chi connectivity index (χ2n) is 7.40. The Morgan fingerprint density at radius 1 is 1.03 bits per heavy atom. The first kappa shape index (κ1) is 19.0. The largest absolute Gasteiger partial charge is 0.461 e. The lowest BCUT2D eigenvalue weighted by molar-refractivity contribution is -0.145. The molecule has 2 aromatic carbocycles. The topological polar surface area (TPSA) is 72.3 Å². The summed E-state index contributed by atoms with van der Waals surface area (Å²) in [5.41, 5.74) is 5.20. The van der Waals surface area contributed by atoms with Crippen LogP contribution in [0, 0.1) is 13.8 Å². The van der Waals surface area contributed by atoms with Crippen LogP contribution >= 0.6 is 0 Å². The average Bonchev–Trinajstić information content (AvgIpc) is 3.11. The van der Waals surface area contributed by atoms with Gasteiger partial charge in [0.1, 0.15) is 12.2 Å². The van der Waals surface area contributed by atoms with Crippen LogP contribution in [0.1, 0.15) is 35.1 Å². The van der Waals surface area contributed by atoms with E-state index in [1.165, 1.54) is 17.0 Å². The van der Waals surface area contributed by atoms with Crippen LogP contribution in [-0.4, -0.2) is 11.0 Å². The molecule has 0 radical (unpaired) electrons. The molecule has 4 aromatic rings. The van der Waals surface area contributed by atoms with Crippen LogP contribution in [0.5, 0.6) is 0 Å². The lowest BCUT2D eigenvalue weighted by atomic mass is 10.0. The molecule has 4 rings (SSSR count). The quantitative estimate of drug-likeness (QED) is 0.374. The molecule has 0 aliphatic heterocycles. The van der Waals surface area contributed by atoms with E-state index in [-0.39, 0.29) is 12.6 Å². The summed E-state index contributed by atoms with van der Waals surface area (Å²) in [5, 5.41) is 1.99. The second kappa shape index (κ2) is 7.95. The number of hydrogen-bond donors (Lipinski definition) is 1. The normalized spacial score (nSPS) is 11.2. The Morgan fingerprint density at radius 3 is 2.69 bits per heavy atom. The maximum atomic E-state index is 12.2. The maximum absolute atomic E-state index is 12.2. The number of para-hydroxylation sites is 1. The van der Waals surface area contributed by atoms with Gasteiger partial charge in [0, 0.05) is 40.5 Å². The van der Waals surface area contributed by atoms with Crippen molar-refractivity contribution >= 4 is 27.8 Å². The maximum Gasteiger partial charge on any atom is 0.336 e. The third-order valence-corrected chi connectivity index (χ3v) is 5.34. The van der Waals surface area contributed by atoms with Crippen LogP contribution in [0.15, 0.2) is 57.9 Å². The number of rotatable bonds is 6. The van der Waals surface area contributed by atoms with E-state index in [1.54, 1.807) is 0 Å². The van der Waals surface area contributed by atoms with Crippen LogP contribution in [0.2, 0.25) is 0 Å². The van der Waals surface area contributed by atoms with E-state index in [9.17, 15) is 9.59 Å². The molecule has 1 N–H and O–H groups in total. The zero-order valence-corrected chi connectivity index (χ0v) is 16.6. The summed E-state index contributed by atoms with van der Waals surface area (Å²) < 4.78 is 10.7. The van der Waals surface area contributed by atoms with Crippen LogP contribution < -0.4 is 5.63 Å². The zero-order valence-electron chi connectivity index (χ0n) is 16.6. The Kier molecular flexibility index (Phi) is 5.21. The van der Waals surface area contributed by atoms with Gasteiger partial charge in [-0.2, -0.15) is 0 Å². The van der Waals surface area contributed by atoms with Crippen molar-refractivity contribution in [3.8, 4) is 0 Å². The summed E-state index contributed by atoms with van der Waals surface area (Å²) in [4.78, 5) is 27.3. The van der Waals surface area contributed by atoms with Crippen molar-refractivity contribution in [2.24, 2.45) is 0 Å². The number of carbonyl (C=O) groups is 1. The molecule has 0 aliphatic rings. The van der Waals surface area contributed by atoms with Gasteiger partial charge in [-0.05, 0) is 61.6 Å². The Bertz CT molecular complexity index is 1250. The Hall–Kier alpha value is -3.34. The summed E-state index contributed by atoms with van der Waals surface area (Å²) in [6, 6.07) is 13.3. The van der Waals surface area contributed by atoms with Gasteiger partial charge in [-0.3, -0.25) is 4.79 Å². The van der Waals surface area contributed by atoms with E-state index in [0.717, 1.165) is 28.5 Å². The molecular formula is C24H23NO4. The minimum absolute atomic E-state index is 0.0660. The fraction of sp³-hybridized carbons (Fsp3) is 0.250. The van der Waals surface area contributed by atoms with Crippen LogP contribution in [0.3, 0.4) is 0 Å². The van der Waals surface area contributed by atoms with Crippen LogP contribution in [-0.2, 0) is 22.6 Å². The summed E-state index contributed by atoms with van der Waals surface area (Å²) >= 11 is 0. The number of hydrogen-bond acceptors (Lipinski definition) is 4. The molecule has 0 amide bonds. The average molecular weight is 389 g/mol. The van der Waals surface area contributed by atoms with Gasteiger partial charge in [0.2, 0.25) is 0 Å². The zero-order chi connectivity index (χ0) is 20.4. The Morgan fingerprint density at radius 2 is 1.83 bits per heavy atom. The van der Waals surface area contributed by atoms with E-state index in [4.69, 9.17) is 9.15 Å². The van der Waals surface area contributed by atoms with E-state index < -0.39 is 5.63 Å². The molecule has 0 unspecified atom stereocenters. The first-order chi connectivity index (χ1) is 14.0. The highest BCUT2D eigenvalue weighted by Crippen LogP contribution is 2.23.